The Kier molecular flexibility index (Phi) is 4.36. The van der Waals surface area contributed by atoms with Crippen LogP contribution in [0.5, 0.6) is 5.88 Å². The first-order chi connectivity index (χ1) is 8.65. The van der Waals surface area contributed by atoms with Crippen LogP contribution in [0.25, 0.3) is 0 Å². The van der Waals surface area contributed by atoms with Crippen molar-refractivity contribution in [2.45, 2.75) is 45.3 Å². The van der Waals surface area contributed by atoms with Crippen molar-refractivity contribution in [1.29, 1.82) is 0 Å². The molecule has 0 saturated heterocycles. The van der Waals surface area contributed by atoms with Crippen molar-refractivity contribution in [3.05, 3.63) is 12.4 Å². The second-order valence-electron chi connectivity index (χ2n) is 5.14. The zero-order chi connectivity index (χ0) is 13.0. The lowest BCUT2D eigenvalue weighted by Gasteiger charge is -2.16. The molecule has 1 heterocycles. The summed E-state index contributed by atoms with van der Waals surface area (Å²) in [7, 11) is 0. The molecule has 0 aromatic carbocycles. The highest BCUT2D eigenvalue weighted by atomic mass is 16.5. The summed E-state index contributed by atoms with van der Waals surface area (Å²) in [5.41, 5.74) is 6.04. The van der Waals surface area contributed by atoms with Crippen molar-refractivity contribution in [2.75, 3.05) is 11.9 Å². The van der Waals surface area contributed by atoms with Crippen molar-refractivity contribution in [1.82, 2.24) is 9.97 Å². The van der Waals surface area contributed by atoms with Crippen LogP contribution in [0.1, 0.15) is 33.1 Å². The first-order valence-corrected chi connectivity index (χ1v) is 6.63. The molecule has 0 spiro atoms. The largest absolute Gasteiger partial charge is 0.475 e. The summed E-state index contributed by atoms with van der Waals surface area (Å²) in [6, 6.07) is 2.16. The standard InChI is InChI=1S/C13H22N4O/c1-9(2)18-13-6-12(16-8-17-13)15-7-10-4-3-5-11(10)14/h6,8-11H,3-5,7,14H2,1-2H3,(H,15,16,17). The number of aromatic nitrogens is 2. The van der Waals surface area contributed by atoms with Crippen LogP contribution in [0.4, 0.5) is 5.82 Å². The summed E-state index contributed by atoms with van der Waals surface area (Å²) in [6.45, 7) is 4.83. The molecule has 1 aromatic heterocycles. The third kappa shape index (κ3) is 3.57. The Labute approximate surface area is 108 Å². The second kappa shape index (κ2) is 6.00. The zero-order valence-electron chi connectivity index (χ0n) is 11.1. The van der Waals surface area contributed by atoms with Gasteiger partial charge in [-0.05, 0) is 32.6 Å². The summed E-state index contributed by atoms with van der Waals surface area (Å²) in [5, 5.41) is 3.32. The number of rotatable bonds is 5. The smallest absolute Gasteiger partial charge is 0.218 e. The fourth-order valence-electron chi connectivity index (χ4n) is 2.30. The molecule has 0 aliphatic heterocycles. The molecule has 0 bridgehead atoms. The maximum atomic E-state index is 6.04. The van der Waals surface area contributed by atoms with Crippen LogP contribution in [-0.2, 0) is 0 Å². The normalized spacial score (nSPS) is 23.3. The van der Waals surface area contributed by atoms with Crippen LogP contribution in [0.15, 0.2) is 12.4 Å². The van der Waals surface area contributed by atoms with Gasteiger partial charge in [0.1, 0.15) is 12.1 Å². The molecule has 1 saturated carbocycles. The number of anilines is 1. The summed E-state index contributed by atoms with van der Waals surface area (Å²) in [5.74, 6) is 1.97. The van der Waals surface area contributed by atoms with E-state index in [1.165, 1.54) is 19.2 Å². The Morgan fingerprint density at radius 1 is 1.44 bits per heavy atom. The molecule has 1 fully saturated rings. The van der Waals surface area contributed by atoms with E-state index in [0.717, 1.165) is 18.8 Å². The number of ether oxygens (including phenoxy) is 1. The summed E-state index contributed by atoms with van der Waals surface area (Å²) in [4.78, 5) is 8.27. The summed E-state index contributed by atoms with van der Waals surface area (Å²) in [6.07, 6.45) is 5.22. The fourth-order valence-corrected chi connectivity index (χ4v) is 2.30. The maximum Gasteiger partial charge on any atom is 0.218 e. The van der Waals surface area contributed by atoms with E-state index in [0.29, 0.717) is 17.8 Å². The second-order valence-corrected chi connectivity index (χ2v) is 5.14. The molecule has 5 nitrogen and oxygen atoms in total. The molecule has 3 N–H and O–H groups in total. The SMILES string of the molecule is CC(C)Oc1cc(NCC2CCCC2N)ncn1. The quantitative estimate of drug-likeness (QED) is 0.833. The molecule has 5 heteroatoms. The molecular formula is C13H22N4O. The van der Waals surface area contributed by atoms with Gasteiger partial charge in [0.25, 0.3) is 0 Å². The van der Waals surface area contributed by atoms with Gasteiger partial charge in [-0.1, -0.05) is 6.42 Å². The van der Waals surface area contributed by atoms with Gasteiger partial charge in [-0.3, -0.25) is 0 Å². The van der Waals surface area contributed by atoms with Crippen molar-refractivity contribution in [2.24, 2.45) is 11.7 Å². The Morgan fingerprint density at radius 2 is 2.28 bits per heavy atom. The van der Waals surface area contributed by atoms with Gasteiger partial charge in [-0.25, -0.2) is 9.97 Å². The molecule has 0 amide bonds. The lowest BCUT2D eigenvalue weighted by Crippen LogP contribution is -2.29. The van der Waals surface area contributed by atoms with Gasteiger partial charge < -0.3 is 15.8 Å². The minimum absolute atomic E-state index is 0.121. The highest BCUT2D eigenvalue weighted by Crippen LogP contribution is 2.24. The Morgan fingerprint density at radius 3 is 2.94 bits per heavy atom. The molecule has 1 aromatic rings. The van der Waals surface area contributed by atoms with Gasteiger partial charge in [-0.2, -0.15) is 0 Å². The van der Waals surface area contributed by atoms with E-state index in [-0.39, 0.29) is 6.10 Å². The number of nitrogens with zero attached hydrogens (tertiary/aromatic N) is 2. The lowest BCUT2D eigenvalue weighted by molar-refractivity contribution is 0.232. The van der Waals surface area contributed by atoms with Crippen molar-refractivity contribution in [3.63, 3.8) is 0 Å². The molecule has 1 aliphatic rings. The maximum absolute atomic E-state index is 6.04. The van der Waals surface area contributed by atoms with E-state index in [2.05, 4.69) is 15.3 Å². The predicted molar refractivity (Wildman–Crippen MR) is 71.6 cm³/mol. The van der Waals surface area contributed by atoms with Gasteiger partial charge in [0.05, 0.1) is 6.10 Å². The topological polar surface area (TPSA) is 73.1 Å². The first-order valence-electron chi connectivity index (χ1n) is 6.63. The van der Waals surface area contributed by atoms with Crippen LogP contribution in [0.2, 0.25) is 0 Å². The average Bonchev–Trinajstić information content (AvgIpc) is 2.72. The van der Waals surface area contributed by atoms with Crippen LogP contribution in [0.3, 0.4) is 0 Å². The molecule has 2 atom stereocenters. The molecule has 2 rings (SSSR count). The van der Waals surface area contributed by atoms with E-state index in [9.17, 15) is 0 Å². The van der Waals surface area contributed by atoms with E-state index in [1.54, 1.807) is 0 Å². The van der Waals surface area contributed by atoms with Crippen molar-refractivity contribution < 1.29 is 4.74 Å². The average molecular weight is 250 g/mol. The van der Waals surface area contributed by atoms with E-state index in [1.807, 2.05) is 19.9 Å². The third-order valence-corrected chi connectivity index (χ3v) is 3.26. The lowest BCUT2D eigenvalue weighted by atomic mass is 10.1. The highest BCUT2D eigenvalue weighted by Gasteiger charge is 2.23. The van der Waals surface area contributed by atoms with E-state index < -0.39 is 0 Å². The number of nitrogens with one attached hydrogen (secondary N) is 1. The number of nitrogens with two attached hydrogens (primary N) is 1. The molecule has 1 aliphatic carbocycles. The monoisotopic (exact) mass is 250 g/mol. The summed E-state index contributed by atoms with van der Waals surface area (Å²) >= 11 is 0. The molecule has 18 heavy (non-hydrogen) atoms. The van der Waals surface area contributed by atoms with Gasteiger partial charge in [0, 0.05) is 18.7 Å². The van der Waals surface area contributed by atoms with Gasteiger partial charge in [0.2, 0.25) is 5.88 Å². The summed E-state index contributed by atoms with van der Waals surface area (Å²) < 4.78 is 5.53. The van der Waals surface area contributed by atoms with Crippen LogP contribution >= 0.6 is 0 Å². The Balaban J connectivity index is 1.88. The van der Waals surface area contributed by atoms with Gasteiger partial charge >= 0.3 is 0 Å². The third-order valence-electron chi connectivity index (χ3n) is 3.26. The Bertz CT molecular complexity index is 383. The van der Waals surface area contributed by atoms with Crippen molar-refractivity contribution >= 4 is 5.82 Å². The number of hydrogen-bond acceptors (Lipinski definition) is 5. The minimum Gasteiger partial charge on any atom is -0.475 e. The van der Waals surface area contributed by atoms with Crippen LogP contribution in [-0.4, -0.2) is 28.7 Å². The van der Waals surface area contributed by atoms with Gasteiger partial charge in [0.15, 0.2) is 0 Å². The first kappa shape index (κ1) is 13.1. The molecular weight excluding hydrogens is 228 g/mol. The van der Waals surface area contributed by atoms with E-state index in [4.69, 9.17) is 10.5 Å². The number of hydrogen-bond donors (Lipinski definition) is 2. The van der Waals surface area contributed by atoms with Crippen LogP contribution < -0.4 is 15.8 Å². The van der Waals surface area contributed by atoms with E-state index >= 15 is 0 Å². The molecule has 2 unspecified atom stereocenters. The van der Waals surface area contributed by atoms with Gasteiger partial charge in [-0.15, -0.1) is 0 Å². The zero-order valence-corrected chi connectivity index (χ0v) is 11.1. The minimum atomic E-state index is 0.121. The van der Waals surface area contributed by atoms with Crippen molar-refractivity contribution in [3.8, 4) is 5.88 Å². The Hall–Kier alpha value is -1.36. The van der Waals surface area contributed by atoms with Crippen LogP contribution in [0, 0.1) is 5.92 Å². The highest BCUT2D eigenvalue weighted by molar-refractivity contribution is 5.37. The molecule has 0 radical (unpaired) electrons. The molecule has 100 valence electrons. The predicted octanol–water partition coefficient (Wildman–Crippen LogP) is 1.80. The fraction of sp³-hybridized carbons (Fsp3) is 0.692.